The smallest absolute Gasteiger partial charge is 0.278 e. The number of non-ortho nitro benzene ring substituents is 1. The molecule has 0 bridgehead atoms. The van der Waals surface area contributed by atoms with Gasteiger partial charge in [-0.3, -0.25) is 24.6 Å². The van der Waals surface area contributed by atoms with Gasteiger partial charge in [0, 0.05) is 24.4 Å². The molecule has 1 aromatic heterocycles. The lowest BCUT2D eigenvalue weighted by Crippen LogP contribution is -2.34. The molecule has 0 saturated carbocycles. The molecule has 0 spiro atoms. The average Bonchev–Trinajstić information content (AvgIpc) is 3.38. The van der Waals surface area contributed by atoms with Gasteiger partial charge in [-0.25, -0.2) is 0 Å². The van der Waals surface area contributed by atoms with Crippen molar-refractivity contribution in [3.05, 3.63) is 100 Å². The second kappa shape index (κ2) is 8.27. The summed E-state index contributed by atoms with van der Waals surface area (Å²) >= 11 is 0. The van der Waals surface area contributed by atoms with Crippen LogP contribution in [0.1, 0.15) is 18.2 Å². The normalized spacial score (nSPS) is 13.8. The first-order valence-electron chi connectivity index (χ1n) is 9.71. The Balaban J connectivity index is 1.83. The minimum Gasteiger partial charge on any atom is -0.467 e. The summed E-state index contributed by atoms with van der Waals surface area (Å²) in [6.45, 7) is 2.33. The number of anilines is 1. The number of para-hydroxylation sites is 1. The van der Waals surface area contributed by atoms with Crippen molar-refractivity contribution >= 4 is 28.8 Å². The molecule has 156 valence electrons. The molecule has 31 heavy (non-hydrogen) atoms. The zero-order valence-electron chi connectivity index (χ0n) is 16.7. The molecule has 2 heterocycles. The van der Waals surface area contributed by atoms with Gasteiger partial charge >= 0.3 is 0 Å². The molecule has 0 aliphatic carbocycles. The number of amides is 2. The van der Waals surface area contributed by atoms with Crippen molar-refractivity contribution in [1.82, 2.24) is 4.90 Å². The van der Waals surface area contributed by atoms with Gasteiger partial charge in [-0.1, -0.05) is 18.2 Å². The summed E-state index contributed by atoms with van der Waals surface area (Å²) in [4.78, 5) is 40.2. The topological polar surface area (TPSA) is 96.9 Å². The fraction of sp³-hybridized carbons (Fsp3) is 0.130. The van der Waals surface area contributed by atoms with Crippen molar-refractivity contribution in [1.29, 1.82) is 0 Å². The third-order valence-corrected chi connectivity index (χ3v) is 5.06. The fourth-order valence-electron chi connectivity index (χ4n) is 3.60. The van der Waals surface area contributed by atoms with E-state index in [0.717, 1.165) is 10.6 Å². The monoisotopic (exact) mass is 417 g/mol. The third kappa shape index (κ3) is 3.71. The lowest BCUT2D eigenvalue weighted by atomic mass is 10.0. The van der Waals surface area contributed by atoms with Gasteiger partial charge in [0.2, 0.25) is 0 Å². The number of nitro benzene ring substituents is 1. The molecule has 1 aliphatic rings. The van der Waals surface area contributed by atoms with E-state index in [2.05, 4.69) is 0 Å². The van der Waals surface area contributed by atoms with Crippen molar-refractivity contribution in [2.75, 3.05) is 11.4 Å². The first kappa shape index (κ1) is 20.1. The van der Waals surface area contributed by atoms with E-state index in [9.17, 15) is 19.7 Å². The second-order valence-corrected chi connectivity index (χ2v) is 6.88. The van der Waals surface area contributed by atoms with Gasteiger partial charge in [0.25, 0.3) is 17.5 Å². The standard InChI is InChI=1S/C23H19N3O5/c1-2-24(17-7-4-3-5-8-17)21-20(16-10-12-18(13-11-16)26(29)30)22(27)25(23(21)28)15-19-9-6-14-31-19/h3-14H,2,15H2,1H3. The predicted octanol–water partition coefficient (Wildman–Crippen LogP) is 3.99. The predicted molar refractivity (Wildman–Crippen MR) is 114 cm³/mol. The maximum Gasteiger partial charge on any atom is 0.278 e. The first-order chi connectivity index (χ1) is 15.0. The number of nitro groups is 1. The summed E-state index contributed by atoms with van der Waals surface area (Å²) in [6.07, 6.45) is 1.48. The van der Waals surface area contributed by atoms with E-state index < -0.39 is 16.7 Å². The van der Waals surface area contributed by atoms with Crippen LogP contribution in [0, 0.1) is 10.1 Å². The van der Waals surface area contributed by atoms with Crippen LogP contribution >= 0.6 is 0 Å². The number of carbonyl (C=O) groups is 2. The Hall–Kier alpha value is -4.20. The molecule has 2 amide bonds. The number of likely N-dealkylation sites (N-methyl/N-ethyl adjacent to an activating group) is 1. The fourth-order valence-corrected chi connectivity index (χ4v) is 3.60. The van der Waals surface area contributed by atoms with Gasteiger partial charge in [0.05, 0.1) is 23.3 Å². The Bertz CT molecular complexity index is 1150. The van der Waals surface area contributed by atoms with Gasteiger partial charge in [0.15, 0.2) is 0 Å². The van der Waals surface area contributed by atoms with Crippen molar-refractivity contribution < 1.29 is 18.9 Å². The number of rotatable bonds is 7. The number of carbonyl (C=O) groups excluding carboxylic acids is 2. The first-order valence-corrected chi connectivity index (χ1v) is 9.71. The highest BCUT2D eigenvalue weighted by atomic mass is 16.6. The maximum atomic E-state index is 13.4. The maximum absolute atomic E-state index is 13.4. The molecule has 0 unspecified atom stereocenters. The van der Waals surface area contributed by atoms with Crippen molar-refractivity contribution in [3.63, 3.8) is 0 Å². The highest BCUT2D eigenvalue weighted by molar-refractivity contribution is 6.36. The molecule has 0 fully saturated rings. The Morgan fingerprint density at radius 1 is 0.968 bits per heavy atom. The molecule has 1 aliphatic heterocycles. The highest BCUT2D eigenvalue weighted by Crippen LogP contribution is 2.35. The SMILES string of the molecule is CCN(C1=C(c2ccc([N+](=O)[O-])cc2)C(=O)N(Cc2ccco2)C1=O)c1ccccc1. The second-order valence-electron chi connectivity index (χ2n) is 6.88. The Morgan fingerprint density at radius 2 is 1.68 bits per heavy atom. The molecule has 4 rings (SSSR count). The summed E-state index contributed by atoms with van der Waals surface area (Å²) < 4.78 is 5.33. The number of benzene rings is 2. The molecular formula is C23H19N3O5. The summed E-state index contributed by atoms with van der Waals surface area (Å²) in [5.74, 6) is -0.436. The van der Waals surface area contributed by atoms with Crippen molar-refractivity contribution in [2.24, 2.45) is 0 Å². The van der Waals surface area contributed by atoms with Gasteiger partial charge in [-0.05, 0) is 48.9 Å². The number of furan rings is 1. The zero-order chi connectivity index (χ0) is 22.0. The molecule has 8 heteroatoms. The molecule has 0 saturated heterocycles. The summed E-state index contributed by atoms with van der Waals surface area (Å²) in [6, 6.07) is 18.3. The quantitative estimate of drug-likeness (QED) is 0.328. The van der Waals surface area contributed by atoms with Crippen LogP contribution in [0.4, 0.5) is 11.4 Å². The minimum absolute atomic E-state index is 0.00298. The van der Waals surface area contributed by atoms with Gasteiger partial charge in [-0.2, -0.15) is 0 Å². The van der Waals surface area contributed by atoms with Crippen molar-refractivity contribution in [2.45, 2.75) is 13.5 Å². The minimum atomic E-state index is -0.508. The van der Waals surface area contributed by atoms with Crippen LogP contribution in [0.15, 0.2) is 83.1 Å². The Kier molecular flexibility index (Phi) is 5.36. The number of nitrogens with zero attached hydrogens (tertiary/aromatic N) is 3. The number of hydrogen-bond donors (Lipinski definition) is 0. The largest absolute Gasteiger partial charge is 0.467 e. The summed E-state index contributed by atoms with van der Waals surface area (Å²) in [7, 11) is 0. The van der Waals surface area contributed by atoms with E-state index >= 15 is 0 Å². The van der Waals surface area contributed by atoms with Gasteiger partial charge < -0.3 is 9.32 Å². The van der Waals surface area contributed by atoms with E-state index in [1.54, 1.807) is 17.0 Å². The van der Waals surface area contributed by atoms with E-state index in [-0.39, 0.29) is 23.5 Å². The molecule has 3 aromatic rings. The Labute approximate surface area is 178 Å². The summed E-state index contributed by atoms with van der Waals surface area (Å²) in [5, 5.41) is 11.0. The third-order valence-electron chi connectivity index (χ3n) is 5.06. The van der Waals surface area contributed by atoms with Crippen LogP contribution in [0.3, 0.4) is 0 Å². The summed E-state index contributed by atoms with van der Waals surface area (Å²) in [5.41, 5.74) is 1.55. The van der Waals surface area contributed by atoms with E-state index in [1.807, 2.05) is 37.3 Å². The van der Waals surface area contributed by atoms with Crippen LogP contribution in [0.2, 0.25) is 0 Å². The van der Waals surface area contributed by atoms with Crippen LogP contribution in [-0.4, -0.2) is 28.2 Å². The van der Waals surface area contributed by atoms with Gasteiger partial charge in [-0.15, -0.1) is 0 Å². The van der Waals surface area contributed by atoms with E-state index in [0.29, 0.717) is 17.9 Å². The molecular weight excluding hydrogens is 398 g/mol. The lowest BCUT2D eigenvalue weighted by molar-refractivity contribution is -0.384. The van der Waals surface area contributed by atoms with E-state index in [4.69, 9.17) is 4.42 Å². The average molecular weight is 417 g/mol. The highest BCUT2D eigenvalue weighted by Gasteiger charge is 2.42. The molecule has 0 atom stereocenters. The van der Waals surface area contributed by atoms with Crippen LogP contribution < -0.4 is 4.90 Å². The van der Waals surface area contributed by atoms with Crippen LogP contribution in [0.25, 0.3) is 5.57 Å². The van der Waals surface area contributed by atoms with Crippen LogP contribution in [0.5, 0.6) is 0 Å². The molecule has 8 nitrogen and oxygen atoms in total. The van der Waals surface area contributed by atoms with E-state index in [1.165, 1.54) is 30.5 Å². The van der Waals surface area contributed by atoms with Crippen molar-refractivity contribution in [3.8, 4) is 0 Å². The number of imide groups is 1. The number of hydrogen-bond acceptors (Lipinski definition) is 6. The Morgan fingerprint density at radius 3 is 2.26 bits per heavy atom. The van der Waals surface area contributed by atoms with Gasteiger partial charge in [0.1, 0.15) is 11.5 Å². The van der Waals surface area contributed by atoms with Crippen LogP contribution in [-0.2, 0) is 16.1 Å². The molecule has 0 radical (unpaired) electrons. The lowest BCUT2D eigenvalue weighted by Gasteiger charge is -2.24. The molecule has 0 N–H and O–H groups in total. The molecule has 2 aromatic carbocycles. The zero-order valence-corrected chi connectivity index (χ0v) is 16.7.